The number of benzene rings is 4. The first-order valence-corrected chi connectivity index (χ1v) is 13.4. The lowest BCUT2D eigenvalue weighted by Crippen LogP contribution is -2.40. The van der Waals surface area contributed by atoms with Crippen molar-refractivity contribution in [3.05, 3.63) is 129 Å². The summed E-state index contributed by atoms with van der Waals surface area (Å²) in [6, 6.07) is -1.96. The minimum absolute atomic E-state index is 0.0187. The van der Waals surface area contributed by atoms with Crippen molar-refractivity contribution < 1.29 is 70.2 Å². The van der Waals surface area contributed by atoms with Crippen LogP contribution in [0.2, 0.25) is 0 Å². The highest BCUT2D eigenvalue weighted by Gasteiger charge is 2.65. The Morgan fingerprint density at radius 2 is 0.417 bits per heavy atom. The summed E-state index contributed by atoms with van der Waals surface area (Å²) in [7, 11) is 0. The molecule has 0 N–H and O–H groups in total. The Morgan fingerprint density at radius 1 is 0.229 bits per heavy atom. The van der Waals surface area contributed by atoms with Gasteiger partial charge in [0.2, 0.25) is 0 Å². The summed E-state index contributed by atoms with van der Waals surface area (Å²) in [5, 5.41) is 0. The summed E-state index contributed by atoms with van der Waals surface area (Å²) < 4.78 is 248. The van der Waals surface area contributed by atoms with Gasteiger partial charge in [-0.3, -0.25) is 0 Å². The number of hydrogen-bond donors (Lipinski definition) is 0. The van der Waals surface area contributed by atoms with Gasteiger partial charge < -0.3 is 0 Å². The van der Waals surface area contributed by atoms with Crippen molar-refractivity contribution in [2.75, 3.05) is 0 Å². The molecule has 0 spiro atoms. The zero-order chi connectivity index (χ0) is 35.7. The molecule has 0 atom stereocenters. The molecule has 0 fully saturated rings. The first-order chi connectivity index (χ1) is 21.8. The van der Waals surface area contributed by atoms with E-state index in [2.05, 4.69) is 0 Å². The monoisotopic (exact) mass is 702 g/mol. The summed E-state index contributed by atoms with van der Waals surface area (Å²) >= 11 is 0. The van der Waals surface area contributed by atoms with Crippen molar-refractivity contribution in [2.24, 2.45) is 0 Å². The maximum atomic E-state index is 15.9. The standard InChI is InChI=1S/C32H14F16/c33-25(34)15-1-5-17(6-2-15)27(37,38)31(45,46)23-11-9-19(29(25,41)42)13-21(23)22-14-20-10-12-24(22)32(47,48)28(39,40)18-7-3-16(4-8-18)26(35,36)30(20,43)44/h1-14H. The van der Waals surface area contributed by atoms with Crippen molar-refractivity contribution in [3.63, 3.8) is 0 Å². The van der Waals surface area contributed by atoms with Crippen molar-refractivity contribution in [3.8, 4) is 11.1 Å². The van der Waals surface area contributed by atoms with Crippen molar-refractivity contribution in [1.82, 2.24) is 0 Å². The van der Waals surface area contributed by atoms with Crippen molar-refractivity contribution in [2.45, 2.75) is 47.4 Å². The fraction of sp³-hybridized carbons (Fsp3) is 0.250. The summed E-state index contributed by atoms with van der Waals surface area (Å²) in [5.41, 5.74) is -19.5. The van der Waals surface area contributed by atoms with E-state index < -0.39 is 115 Å². The van der Waals surface area contributed by atoms with Gasteiger partial charge in [-0.15, -0.1) is 0 Å². The minimum Gasteiger partial charge on any atom is -0.194 e. The van der Waals surface area contributed by atoms with E-state index in [1.54, 1.807) is 0 Å². The average molecular weight is 702 g/mol. The molecule has 4 aromatic carbocycles. The van der Waals surface area contributed by atoms with Gasteiger partial charge in [0.05, 0.1) is 0 Å². The van der Waals surface area contributed by atoms with Gasteiger partial charge in [-0.1, -0.05) is 72.8 Å². The highest BCUT2D eigenvalue weighted by Crippen LogP contribution is 2.60. The minimum atomic E-state index is -5.70. The van der Waals surface area contributed by atoms with E-state index in [0.29, 0.717) is 0 Å². The molecule has 16 heteroatoms. The lowest BCUT2D eigenvalue weighted by atomic mass is 9.80. The fourth-order valence-electron chi connectivity index (χ4n) is 5.68. The number of halogens is 16. The van der Waals surface area contributed by atoms with Gasteiger partial charge in [0.15, 0.2) is 0 Å². The Morgan fingerprint density at radius 3 is 0.667 bits per heavy atom. The van der Waals surface area contributed by atoms with Crippen LogP contribution in [0.15, 0.2) is 84.9 Å². The van der Waals surface area contributed by atoms with E-state index in [-0.39, 0.29) is 72.8 Å². The zero-order valence-corrected chi connectivity index (χ0v) is 23.1. The molecule has 0 aliphatic heterocycles. The van der Waals surface area contributed by atoms with Crippen LogP contribution in [0.25, 0.3) is 11.1 Å². The van der Waals surface area contributed by atoms with Gasteiger partial charge in [-0.2, -0.15) is 70.2 Å². The van der Waals surface area contributed by atoms with Crippen molar-refractivity contribution >= 4 is 0 Å². The third kappa shape index (κ3) is 4.12. The quantitative estimate of drug-likeness (QED) is 0.173. The Bertz CT molecular complexity index is 1780. The number of hydrogen-bond acceptors (Lipinski definition) is 0. The Hall–Kier alpha value is -4.24. The summed E-state index contributed by atoms with van der Waals surface area (Å²) in [5.74, 6) is -44.0. The van der Waals surface area contributed by atoms with E-state index in [4.69, 9.17) is 0 Å². The predicted molar refractivity (Wildman–Crippen MR) is 136 cm³/mol. The molecule has 0 unspecified atom stereocenters. The largest absolute Gasteiger partial charge is 0.340 e. The highest BCUT2D eigenvalue weighted by atomic mass is 19.3. The van der Waals surface area contributed by atoms with Crippen LogP contribution in [0.4, 0.5) is 70.2 Å². The van der Waals surface area contributed by atoms with Crippen LogP contribution < -0.4 is 0 Å². The second-order valence-corrected chi connectivity index (χ2v) is 11.3. The first-order valence-electron chi connectivity index (χ1n) is 13.4. The first kappa shape index (κ1) is 33.7. The summed E-state index contributed by atoms with van der Waals surface area (Å²) in [4.78, 5) is 0. The molecular weight excluding hydrogens is 688 g/mol. The predicted octanol–water partition coefficient (Wildman–Crippen LogP) is 11.5. The van der Waals surface area contributed by atoms with Gasteiger partial charge in [-0.05, 0) is 23.3 Å². The van der Waals surface area contributed by atoms with E-state index >= 15 is 70.2 Å². The highest BCUT2D eigenvalue weighted by molar-refractivity contribution is 5.75. The van der Waals surface area contributed by atoms with Crippen LogP contribution in [0.1, 0.15) is 44.5 Å². The van der Waals surface area contributed by atoms with Crippen LogP contribution in [-0.2, 0) is 47.4 Å². The number of alkyl halides is 16. The van der Waals surface area contributed by atoms with Crippen LogP contribution in [0.3, 0.4) is 0 Å². The molecule has 8 aliphatic carbocycles. The lowest BCUT2D eigenvalue weighted by Gasteiger charge is -2.35. The molecule has 0 radical (unpaired) electrons. The van der Waals surface area contributed by atoms with Gasteiger partial charge in [0, 0.05) is 44.5 Å². The lowest BCUT2D eigenvalue weighted by molar-refractivity contribution is -0.228. The average Bonchev–Trinajstić information content (AvgIpc) is 3.03. The fourth-order valence-corrected chi connectivity index (χ4v) is 5.68. The van der Waals surface area contributed by atoms with Gasteiger partial charge in [-0.25, -0.2) is 0 Å². The molecule has 8 bridgehead atoms. The summed E-state index contributed by atoms with van der Waals surface area (Å²) in [6.45, 7) is 0. The Balaban J connectivity index is 1.78. The van der Waals surface area contributed by atoms with Crippen LogP contribution in [-0.4, -0.2) is 0 Å². The molecule has 8 aliphatic rings. The second kappa shape index (κ2) is 9.68. The van der Waals surface area contributed by atoms with E-state index in [9.17, 15) is 0 Å². The van der Waals surface area contributed by atoms with Gasteiger partial charge >= 0.3 is 47.4 Å². The Labute approximate surface area is 258 Å². The molecule has 4 aromatic rings. The zero-order valence-electron chi connectivity index (χ0n) is 23.1. The van der Waals surface area contributed by atoms with E-state index in [1.807, 2.05) is 0 Å². The van der Waals surface area contributed by atoms with Crippen molar-refractivity contribution in [1.29, 1.82) is 0 Å². The van der Waals surface area contributed by atoms with Crippen LogP contribution >= 0.6 is 0 Å². The molecule has 0 saturated heterocycles. The van der Waals surface area contributed by atoms with E-state index in [0.717, 1.165) is 0 Å². The molecule has 0 aromatic heterocycles. The summed E-state index contributed by atoms with van der Waals surface area (Å²) in [6.07, 6.45) is 0. The van der Waals surface area contributed by atoms with Crippen LogP contribution in [0.5, 0.6) is 0 Å². The maximum Gasteiger partial charge on any atom is 0.340 e. The molecule has 0 nitrogen and oxygen atoms in total. The Kier molecular flexibility index (Phi) is 6.79. The molecule has 0 heterocycles. The third-order valence-electron chi connectivity index (χ3n) is 8.53. The topological polar surface area (TPSA) is 0 Å². The molecule has 12 rings (SSSR count). The maximum absolute atomic E-state index is 15.9. The smallest absolute Gasteiger partial charge is 0.194 e. The molecule has 254 valence electrons. The van der Waals surface area contributed by atoms with Gasteiger partial charge in [0.25, 0.3) is 0 Å². The van der Waals surface area contributed by atoms with E-state index in [1.165, 1.54) is 0 Å². The third-order valence-corrected chi connectivity index (χ3v) is 8.53. The molecule has 48 heavy (non-hydrogen) atoms. The number of rotatable bonds is 1. The van der Waals surface area contributed by atoms with Gasteiger partial charge in [0.1, 0.15) is 0 Å². The second-order valence-electron chi connectivity index (χ2n) is 11.3. The SMILES string of the molecule is FC1(F)c2ccc(cc2)C(F)(F)C(F)(F)c2ccc(cc2-c2cc3ccc2C(F)(F)C(F)(F)c2ccc(cc2)C(F)(F)C3(F)F)C1(F)F. The molecule has 0 amide bonds. The van der Waals surface area contributed by atoms with Crippen LogP contribution in [0, 0.1) is 0 Å². The normalized spacial score (nSPS) is 23.1. The molecular formula is C32H14F16. The molecule has 0 saturated carbocycles.